The van der Waals surface area contributed by atoms with Gasteiger partial charge in [-0.25, -0.2) is 0 Å². The standard InChI is InChI=1S/C20H16O3/c21-18-8-4-7-16(12-18)19-10-9-15(11-17(19)13-20(22)23)14-5-2-1-3-6-14/h1-12,21H,13H2,(H,22,23). The van der Waals surface area contributed by atoms with Crippen molar-refractivity contribution in [1.29, 1.82) is 0 Å². The molecule has 2 N–H and O–H groups in total. The Morgan fingerprint density at radius 3 is 2.22 bits per heavy atom. The first kappa shape index (κ1) is 14.9. The third-order valence-corrected chi connectivity index (χ3v) is 3.71. The second-order valence-electron chi connectivity index (χ2n) is 5.36. The number of hydrogen-bond donors (Lipinski definition) is 2. The monoisotopic (exact) mass is 304 g/mol. The zero-order valence-electron chi connectivity index (χ0n) is 12.4. The molecule has 3 aromatic carbocycles. The molecule has 3 heteroatoms. The van der Waals surface area contributed by atoms with E-state index in [0.717, 1.165) is 27.8 Å². The molecule has 0 bridgehead atoms. The number of benzene rings is 3. The van der Waals surface area contributed by atoms with E-state index in [-0.39, 0.29) is 12.2 Å². The first-order valence-electron chi connectivity index (χ1n) is 7.33. The molecule has 3 nitrogen and oxygen atoms in total. The largest absolute Gasteiger partial charge is 0.508 e. The smallest absolute Gasteiger partial charge is 0.307 e. The van der Waals surface area contributed by atoms with Crippen LogP contribution < -0.4 is 0 Å². The van der Waals surface area contributed by atoms with Gasteiger partial charge < -0.3 is 10.2 Å². The SMILES string of the molecule is O=C(O)Cc1cc(-c2ccccc2)ccc1-c1cccc(O)c1. The Hall–Kier alpha value is -3.07. The first-order chi connectivity index (χ1) is 11.1. The molecular weight excluding hydrogens is 288 g/mol. The summed E-state index contributed by atoms with van der Waals surface area (Å²) in [5.74, 6) is -0.715. The van der Waals surface area contributed by atoms with E-state index in [0.29, 0.717) is 0 Å². The fourth-order valence-corrected chi connectivity index (χ4v) is 2.67. The molecule has 23 heavy (non-hydrogen) atoms. The van der Waals surface area contributed by atoms with Crippen molar-refractivity contribution in [3.63, 3.8) is 0 Å². The summed E-state index contributed by atoms with van der Waals surface area (Å²) in [5.41, 5.74) is 4.38. The number of aliphatic carboxylic acids is 1. The van der Waals surface area contributed by atoms with Gasteiger partial charge in [0.1, 0.15) is 5.75 Å². The van der Waals surface area contributed by atoms with Crippen LogP contribution in [0.3, 0.4) is 0 Å². The van der Waals surface area contributed by atoms with Gasteiger partial charge in [-0.15, -0.1) is 0 Å². The maximum absolute atomic E-state index is 11.2. The predicted molar refractivity (Wildman–Crippen MR) is 90.3 cm³/mol. The highest BCUT2D eigenvalue weighted by Crippen LogP contribution is 2.31. The fourth-order valence-electron chi connectivity index (χ4n) is 2.67. The van der Waals surface area contributed by atoms with Crippen LogP contribution in [-0.4, -0.2) is 16.2 Å². The molecule has 0 aromatic heterocycles. The number of carbonyl (C=O) groups is 1. The van der Waals surface area contributed by atoms with Gasteiger partial charge >= 0.3 is 5.97 Å². The quantitative estimate of drug-likeness (QED) is 0.753. The van der Waals surface area contributed by atoms with Gasteiger partial charge in [0.15, 0.2) is 0 Å². The molecule has 0 aliphatic heterocycles. The summed E-state index contributed by atoms with van der Waals surface area (Å²) in [7, 11) is 0. The fraction of sp³-hybridized carbons (Fsp3) is 0.0500. The van der Waals surface area contributed by atoms with Gasteiger partial charge in [0.25, 0.3) is 0 Å². The Bertz CT molecular complexity index is 839. The van der Waals surface area contributed by atoms with Crippen LogP contribution in [0.2, 0.25) is 0 Å². The van der Waals surface area contributed by atoms with Gasteiger partial charge in [0, 0.05) is 0 Å². The minimum absolute atomic E-state index is 0.0638. The Morgan fingerprint density at radius 2 is 1.52 bits per heavy atom. The Labute approximate surface area is 134 Å². The Kier molecular flexibility index (Phi) is 4.11. The zero-order chi connectivity index (χ0) is 16.2. The highest BCUT2D eigenvalue weighted by molar-refractivity contribution is 5.80. The maximum atomic E-state index is 11.2. The van der Waals surface area contributed by atoms with Crippen LogP contribution in [0.1, 0.15) is 5.56 Å². The second-order valence-corrected chi connectivity index (χ2v) is 5.36. The maximum Gasteiger partial charge on any atom is 0.307 e. The van der Waals surface area contributed by atoms with Gasteiger partial charge in [-0.3, -0.25) is 4.79 Å². The van der Waals surface area contributed by atoms with Crippen LogP contribution in [-0.2, 0) is 11.2 Å². The van der Waals surface area contributed by atoms with Crippen molar-refractivity contribution in [2.45, 2.75) is 6.42 Å². The number of hydrogen-bond acceptors (Lipinski definition) is 2. The van der Waals surface area contributed by atoms with E-state index in [1.165, 1.54) is 0 Å². The number of phenolic OH excluding ortho intramolecular Hbond substituents is 1. The van der Waals surface area contributed by atoms with E-state index in [4.69, 9.17) is 0 Å². The zero-order valence-corrected chi connectivity index (χ0v) is 12.4. The van der Waals surface area contributed by atoms with Gasteiger partial charge in [-0.1, -0.05) is 54.6 Å². The predicted octanol–water partition coefficient (Wildman–Crippen LogP) is 4.35. The lowest BCUT2D eigenvalue weighted by Gasteiger charge is -2.11. The lowest BCUT2D eigenvalue weighted by atomic mass is 9.93. The van der Waals surface area contributed by atoms with E-state index in [2.05, 4.69) is 0 Å². The third kappa shape index (κ3) is 3.40. The van der Waals surface area contributed by atoms with Gasteiger partial charge in [-0.2, -0.15) is 0 Å². The minimum Gasteiger partial charge on any atom is -0.508 e. The average molecular weight is 304 g/mol. The summed E-state index contributed by atoms with van der Waals surface area (Å²) >= 11 is 0. The average Bonchev–Trinajstić information content (AvgIpc) is 2.55. The van der Waals surface area contributed by atoms with Gasteiger partial charge in [0.05, 0.1) is 6.42 Å². The number of carboxylic acids is 1. The molecule has 3 rings (SSSR count). The van der Waals surface area contributed by atoms with Crippen LogP contribution >= 0.6 is 0 Å². The van der Waals surface area contributed by atoms with Gasteiger partial charge in [0.2, 0.25) is 0 Å². The van der Waals surface area contributed by atoms with Crippen molar-refractivity contribution in [3.05, 3.63) is 78.4 Å². The van der Waals surface area contributed by atoms with E-state index in [9.17, 15) is 15.0 Å². The number of aromatic hydroxyl groups is 1. The van der Waals surface area contributed by atoms with Crippen LogP contribution in [0.25, 0.3) is 22.3 Å². The van der Waals surface area contributed by atoms with E-state index >= 15 is 0 Å². The van der Waals surface area contributed by atoms with E-state index in [1.807, 2.05) is 54.6 Å². The molecule has 0 fully saturated rings. The highest BCUT2D eigenvalue weighted by atomic mass is 16.4. The molecule has 3 aromatic rings. The van der Waals surface area contributed by atoms with Crippen molar-refractivity contribution in [1.82, 2.24) is 0 Å². The molecule has 0 unspecified atom stereocenters. The van der Waals surface area contributed by atoms with Crippen molar-refractivity contribution in [2.24, 2.45) is 0 Å². The van der Waals surface area contributed by atoms with Crippen molar-refractivity contribution in [2.75, 3.05) is 0 Å². The summed E-state index contributed by atoms with van der Waals surface area (Å²) in [6, 6.07) is 22.5. The van der Waals surface area contributed by atoms with Crippen LogP contribution in [0.4, 0.5) is 0 Å². The molecule has 0 radical (unpaired) electrons. The molecule has 0 saturated carbocycles. The Morgan fingerprint density at radius 1 is 0.783 bits per heavy atom. The molecule has 114 valence electrons. The molecule has 0 heterocycles. The minimum atomic E-state index is -0.878. The summed E-state index contributed by atoms with van der Waals surface area (Å²) in [6.45, 7) is 0. The normalized spacial score (nSPS) is 10.4. The second kappa shape index (κ2) is 6.36. The van der Waals surface area contributed by atoms with Crippen molar-refractivity contribution in [3.8, 4) is 28.0 Å². The molecule has 0 amide bonds. The summed E-state index contributed by atoms with van der Waals surface area (Å²) in [5, 5.41) is 18.9. The number of rotatable bonds is 4. The molecule has 0 aliphatic carbocycles. The summed E-state index contributed by atoms with van der Waals surface area (Å²) in [4.78, 5) is 11.2. The van der Waals surface area contributed by atoms with E-state index in [1.54, 1.807) is 18.2 Å². The third-order valence-electron chi connectivity index (χ3n) is 3.71. The molecule has 0 aliphatic rings. The van der Waals surface area contributed by atoms with Crippen molar-refractivity contribution < 1.29 is 15.0 Å². The highest BCUT2D eigenvalue weighted by Gasteiger charge is 2.11. The summed E-state index contributed by atoms with van der Waals surface area (Å²) in [6.07, 6.45) is -0.0638. The topological polar surface area (TPSA) is 57.5 Å². The van der Waals surface area contributed by atoms with Gasteiger partial charge in [-0.05, 0) is 46.0 Å². The summed E-state index contributed by atoms with van der Waals surface area (Å²) < 4.78 is 0. The first-order valence-corrected chi connectivity index (χ1v) is 7.33. The van der Waals surface area contributed by atoms with Crippen LogP contribution in [0.5, 0.6) is 5.75 Å². The molecule has 0 atom stereocenters. The molecular formula is C20H16O3. The lowest BCUT2D eigenvalue weighted by molar-refractivity contribution is -0.136. The van der Waals surface area contributed by atoms with Crippen molar-refractivity contribution >= 4 is 5.97 Å². The molecule has 0 spiro atoms. The number of carboxylic acid groups (broad SMARTS) is 1. The number of phenols is 1. The van der Waals surface area contributed by atoms with E-state index < -0.39 is 5.97 Å². The van der Waals surface area contributed by atoms with Crippen LogP contribution in [0.15, 0.2) is 72.8 Å². The van der Waals surface area contributed by atoms with Crippen LogP contribution in [0, 0.1) is 0 Å². The molecule has 0 saturated heterocycles. The Balaban J connectivity index is 2.11. The lowest BCUT2D eigenvalue weighted by Crippen LogP contribution is -2.02.